The number of ether oxygens (including phenoxy) is 1. The topological polar surface area (TPSA) is 232 Å². The van der Waals surface area contributed by atoms with E-state index in [4.69, 9.17) is 51.1 Å². The van der Waals surface area contributed by atoms with Crippen molar-refractivity contribution in [3.05, 3.63) is 0 Å². The van der Waals surface area contributed by atoms with Crippen LogP contribution in [0.25, 0.3) is 0 Å². The van der Waals surface area contributed by atoms with Crippen LogP contribution in [-0.4, -0.2) is 131 Å². The van der Waals surface area contributed by atoms with E-state index in [1.165, 1.54) is 0 Å². The molecule has 1 aliphatic rings. The van der Waals surface area contributed by atoms with Crippen LogP contribution >= 0.6 is 0 Å². The minimum Gasteiger partial charge on any atom is -0.394 e. The van der Waals surface area contributed by atoms with Crippen molar-refractivity contribution in [3.8, 4) is 0 Å². The van der Waals surface area contributed by atoms with Crippen molar-refractivity contribution >= 4 is 0 Å². The van der Waals surface area contributed by atoms with Crippen LogP contribution in [0.3, 0.4) is 0 Å². The summed E-state index contributed by atoms with van der Waals surface area (Å²) in [4.78, 5) is 0. The molecule has 1 fully saturated rings. The third kappa shape index (κ3) is 5.80. The van der Waals surface area contributed by atoms with Gasteiger partial charge < -0.3 is 60.9 Å². The molecule has 0 radical (unpaired) electrons. The zero-order chi connectivity index (χ0) is 19.1. The minimum absolute atomic E-state index is 0.527. The fraction of sp³-hybridized carbons (Fsp3) is 1.00. The lowest BCUT2D eigenvalue weighted by molar-refractivity contribution is -0.248. The van der Waals surface area contributed by atoms with Crippen LogP contribution in [0.1, 0.15) is 0 Å². The molecular formula is C12H26O12. The molecule has 11 N–H and O–H groups in total. The van der Waals surface area contributed by atoms with Crippen LogP contribution in [-0.2, 0) is 4.74 Å². The minimum atomic E-state index is -2.16. The Morgan fingerprint density at radius 1 is 0.833 bits per heavy atom. The highest BCUT2D eigenvalue weighted by Gasteiger charge is 2.52. The summed E-state index contributed by atoms with van der Waals surface area (Å²) < 4.78 is 4.63. The van der Waals surface area contributed by atoms with E-state index in [9.17, 15) is 5.11 Å². The summed E-state index contributed by atoms with van der Waals surface area (Å²) >= 11 is 0. The molecule has 8 atom stereocenters. The van der Waals surface area contributed by atoms with Gasteiger partial charge in [0, 0.05) is 0 Å². The van der Waals surface area contributed by atoms with Gasteiger partial charge in [0.15, 0.2) is 0 Å². The standard InChI is InChI=1S/C6H12O6.C6H14O6/c7-1-3-4(9)5(10)6(11,2-8)12-3;7-1-3(9)5(11)6(12)4(10)2-8/h3-5,7-11H,1-2H2;3-12H,1-2H2/t3-,4-,5+,6-;3-,4-,5-,6-/m11/s1. The van der Waals surface area contributed by atoms with Crippen molar-refractivity contribution in [3.63, 3.8) is 0 Å². The maximum Gasteiger partial charge on any atom is 0.219 e. The molecule has 0 spiro atoms. The van der Waals surface area contributed by atoms with Crippen LogP contribution in [0.15, 0.2) is 0 Å². The first-order valence-corrected chi connectivity index (χ1v) is 7.01. The van der Waals surface area contributed by atoms with Crippen molar-refractivity contribution in [1.82, 2.24) is 0 Å². The van der Waals surface area contributed by atoms with Crippen LogP contribution in [0.2, 0.25) is 0 Å². The molecule has 0 aliphatic carbocycles. The number of hydrogen-bond acceptors (Lipinski definition) is 12. The van der Waals surface area contributed by atoms with Crippen LogP contribution in [0.5, 0.6) is 0 Å². The number of aliphatic hydroxyl groups is 11. The van der Waals surface area contributed by atoms with Crippen molar-refractivity contribution in [2.45, 2.75) is 48.5 Å². The molecule has 0 amide bonds. The molecule has 146 valence electrons. The van der Waals surface area contributed by atoms with Crippen molar-refractivity contribution < 1.29 is 60.9 Å². The molecule has 0 aromatic rings. The van der Waals surface area contributed by atoms with Crippen LogP contribution < -0.4 is 0 Å². The van der Waals surface area contributed by atoms with E-state index in [0.717, 1.165) is 0 Å². The molecule has 0 aromatic carbocycles. The quantitative estimate of drug-likeness (QED) is 0.203. The van der Waals surface area contributed by atoms with E-state index in [1.807, 2.05) is 0 Å². The Labute approximate surface area is 137 Å². The largest absolute Gasteiger partial charge is 0.394 e. The van der Waals surface area contributed by atoms with Gasteiger partial charge in [-0.25, -0.2) is 0 Å². The number of rotatable bonds is 7. The maximum atomic E-state index is 9.25. The van der Waals surface area contributed by atoms with Crippen molar-refractivity contribution in [2.75, 3.05) is 26.4 Å². The summed E-state index contributed by atoms with van der Waals surface area (Å²) in [6.45, 7) is -2.81. The third-order valence-electron chi connectivity index (χ3n) is 3.44. The molecule has 24 heavy (non-hydrogen) atoms. The van der Waals surface area contributed by atoms with Crippen molar-refractivity contribution in [1.29, 1.82) is 0 Å². The third-order valence-corrected chi connectivity index (χ3v) is 3.44. The van der Waals surface area contributed by atoms with Gasteiger partial charge in [-0.1, -0.05) is 0 Å². The van der Waals surface area contributed by atoms with Crippen molar-refractivity contribution in [2.24, 2.45) is 0 Å². The second-order valence-electron chi connectivity index (χ2n) is 5.26. The molecule has 0 unspecified atom stereocenters. The molecule has 12 heteroatoms. The Morgan fingerprint density at radius 3 is 1.46 bits per heavy atom. The Hall–Kier alpha value is -0.480. The van der Waals surface area contributed by atoms with Gasteiger partial charge >= 0.3 is 0 Å². The number of hydrogen-bond donors (Lipinski definition) is 11. The number of aliphatic hydroxyl groups excluding tert-OH is 10. The molecule has 1 aliphatic heterocycles. The Morgan fingerprint density at radius 2 is 1.25 bits per heavy atom. The first-order chi connectivity index (χ1) is 11.1. The van der Waals surface area contributed by atoms with Gasteiger partial charge in [-0.15, -0.1) is 0 Å². The predicted molar refractivity (Wildman–Crippen MR) is 74.2 cm³/mol. The molecular weight excluding hydrogens is 336 g/mol. The van der Waals surface area contributed by atoms with E-state index >= 15 is 0 Å². The lowest BCUT2D eigenvalue weighted by Gasteiger charge is -2.24. The summed E-state index contributed by atoms with van der Waals surface area (Å²) in [6, 6.07) is 0. The summed E-state index contributed by atoms with van der Waals surface area (Å²) in [5, 5.41) is 96.9. The molecule has 1 heterocycles. The molecule has 0 bridgehead atoms. The Bertz CT molecular complexity index is 327. The zero-order valence-corrected chi connectivity index (χ0v) is 12.7. The lowest BCUT2D eigenvalue weighted by atomic mass is 10.0. The first kappa shape index (κ1) is 23.5. The average molecular weight is 362 g/mol. The highest BCUT2D eigenvalue weighted by Crippen LogP contribution is 2.28. The SMILES string of the molecule is OC[C@@H](O)[C@@H](O)[C@H](O)[C@H](O)CO.OC[C@H]1O[C@](O)(CO)[C@@H](O)[C@@H]1O. The maximum absolute atomic E-state index is 9.25. The van der Waals surface area contributed by atoms with Gasteiger partial charge in [-0.3, -0.25) is 0 Å². The fourth-order valence-corrected chi connectivity index (χ4v) is 1.82. The normalized spacial score (nSPS) is 34.9. The lowest BCUT2D eigenvalue weighted by Crippen LogP contribution is -2.46. The predicted octanol–water partition coefficient (Wildman–Crippen LogP) is -6.81. The second kappa shape index (κ2) is 10.5. The van der Waals surface area contributed by atoms with Gasteiger partial charge in [0.05, 0.1) is 26.4 Å². The summed E-state index contributed by atoms with van der Waals surface area (Å²) in [5.41, 5.74) is 0. The summed E-state index contributed by atoms with van der Waals surface area (Å²) in [7, 11) is 0. The molecule has 0 saturated carbocycles. The van der Waals surface area contributed by atoms with Gasteiger partial charge in [0.1, 0.15) is 42.7 Å². The van der Waals surface area contributed by atoms with Crippen LogP contribution in [0, 0.1) is 0 Å². The van der Waals surface area contributed by atoms with Gasteiger partial charge in [0.25, 0.3) is 0 Å². The summed E-state index contributed by atoms with van der Waals surface area (Å²) in [6.07, 6.45) is -10.4. The monoisotopic (exact) mass is 362 g/mol. The zero-order valence-electron chi connectivity index (χ0n) is 12.7. The molecule has 0 aromatic heterocycles. The first-order valence-electron chi connectivity index (χ1n) is 7.01. The smallest absolute Gasteiger partial charge is 0.219 e. The Balaban J connectivity index is 0.000000441. The van der Waals surface area contributed by atoms with E-state index in [2.05, 4.69) is 4.74 Å². The van der Waals surface area contributed by atoms with E-state index < -0.39 is 74.9 Å². The average Bonchev–Trinajstić information content (AvgIpc) is 2.83. The van der Waals surface area contributed by atoms with Gasteiger partial charge in [-0.05, 0) is 0 Å². The second-order valence-corrected chi connectivity index (χ2v) is 5.26. The van der Waals surface area contributed by atoms with E-state index in [-0.39, 0.29) is 0 Å². The molecule has 1 rings (SSSR count). The van der Waals surface area contributed by atoms with E-state index in [0.29, 0.717) is 0 Å². The Kier molecular flexibility index (Phi) is 10.3. The highest BCUT2D eigenvalue weighted by atomic mass is 16.7. The molecule has 1 saturated heterocycles. The molecule has 12 nitrogen and oxygen atoms in total. The highest BCUT2D eigenvalue weighted by molar-refractivity contribution is 4.94. The van der Waals surface area contributed by atoms with Gasteiger partial charge in [-0.2, -0.15) is 0 Å². The van der Waals surface area contributed by atoms with Crippen LogP contribution in [0.4, 0.5) is 0 Å². The van der Waals surface area contributed by atoms with E-state index in [1.54, 1.807) is 0 Å². The fourth-order valence-electron chi connectivity index (χ4n) is 1.82. The summed E-state index contributed by atoms with van der Waals surface area (Å²) in [5.74, 6) is -2.16. The van der Waals surface area contributed by atoms with Gasteiger partial charge in [0.2, 0.25) is 5.79 Å².